The Hall–Kier alpha value is -3.68. The van der Waals surface area contributed by atoms with Gasteiger partial charge in [-0.25, -0.2) is 0 Å². The van der Waals surface area contributed by atoms with E-state index in [4.69, 9.17) is 9.26 Å². The Kier molecular flexibility index (Phi) is 7.37. The Labute approximate surface area is 181 Å². The number of rotatable bonds is 9. The second-order valence-corrected chi connectivity index (χ2v) is 6.81. The molecule has 1 N–H and O–H groups in total. The summed E-state index contributed by atoms with van der Waals surface area (Å²) in [6, 6.07) is 14.3. The number of benzene rings is 2. The van der Waals surface area contributed by atoms with E-state index in [2.05, 4.69) is 15.5 Å². The van der Waals surface area contributed by atoms with Crippen molar-refractivity contribution in [2.24, 2.45) is 0 Å². The first-order chi connectivity index (χ1) is 15.0. The smallest absolute Gasteiger partial charge is 0.253 e. The quantitative estimate of drug-likeness (QED) is 0.563. The van der Waals surface area contributed by atoms with Crippen LogP contribution in [-0.4, -0.2) is 47.1 Å². The molecular formula is C23H26N4O4. The van der Waals surface area contributed by atoms with E-state index >= 15 is 0 Å². The highest BCUT2D eigenvalue weighted by Crippen LogP contribution is 2.27. The third kappa shape index (κ3) is 5.48. The maximum Gasteiger partial charge on any atom is 0.253 e. The number of nitrogens with one attached hydrogen (secondary N) is 1. The Morgan fingerprint density at radius 1 is 1.06 bits per heavy atom. The molecule has 1 heterocycles. The Bertz CT molecular complexity index is 1030. The summed E-state index contributed by atoms with van der Waals surface area (Å²) in [7, 11) is 1.58. The summed E-state index contributed by atoms with van der Waals surface area (Å²) < 4.78 is 10.6. The van der Waals surface area contributed by atoms with Crippen LogP contribution >= 0.6 is 0 Å². The van der Waals surface area contributed by atoms with Crippen LogP contribution < -0.4 is 10.1 Å². The fourth-order valence-corrected chi connectivity index (χ4v) is 3.13. The van der Waals surface area contributed by atoms with Crippen molar-refractivity contribution in [3.63, 3.8) is 0 Å². The van der Waals surface area contributed by atoms with E-state index in [1.54, 1.807) is 36.3 Å². The molecule has 0 bridgehead atoms. The van der Waals surface area contributed by atoms with Gasteiger partial charge in [0, 0.05) is 37.2 Å². The molecule has 31 heavy (non-hydrogen) atoms. The number of aryl methyl sites for hydroxylation is 1. The predicted molar refractivity (Wildman–Crippen MR) is 117 cm³/mol. The van der Waals surface area contributed by atoms with E-state index in [0.29, 0.717) is 48.2 Å². The molecule has 162 valence electrons. The summed E-state index contributed by atoms with van der Waals surface area (Å²) in [6.07, 6.45) is 0.500. The zero-order chi connectivity index (χ0) is 22.2. The number of carbonyl (C=O) groups is 2. The van der Waals surface area contributed by atoms with E-state index in [0.717, 1.165) is 5.56 Å². The third-order valence-corrected chi connectivity index (χ3v) is 4.85. The first-order valence-electron chi connectivity index (χ1n) is 10.2. The summed E-state index contributed by atoms with van der Waals surface area (Å²) in [4.78, 5) is 30.7. The number of hydrogen-bond acceptors (Lipinski definition) is 6. The fourth-order valence-electron chi connectivity index (χ4n) is 3.13. The molecule has 0 radical (unpaired) electrons. The van der Waals surface area contributed by atoms with E-state index in [-0.39, 0.29) is 18.2 Å². The van der Waals surface area contributed by atoms with E-state index in [9.17, 15) is 9.59 Å². The Balaban J connectivity index is 1.55. The van der Waals surface area contributed by atoms with Crippen molar-refractivity contribution in [3.05, 3.63) is 60.0 Å². The molecule has 3 rings (SSSR count). The van der Waals surface area contributed by atoms with Crippen LogP contribution in [0.15, 0.2) is 53.1 Å². The summed E-state index contributed by atoms with van der Waals surface area (Å²) in [6.45, 7) is 5.20. The minimum Gasteiger partial charge on any atom is -0.496 e. The number of aromatic nitrogens is 2. The molecule has 0 aliphatic carbocycles. The van der Waals surface area contributed by atoms with Crippen LogP contribution in [0.25, 0.3) is 11.4 Å². The number of nitrogens with zero attached hydrogens (tertiary/aromatic N) is 3. The van der Waals surface area contributed by atoms with Crippen LogP contribution in [0.3, 0.4) is 0 Å². The Morgan fingerprint density at radius 3 is 2.45 bits per heavy atom. The lowest BCUT2D eigenvalue weighted by Gasteiger charge is -2.18. The van der Waals surface area contributed by atoms with Gasteiger partial charge in [0.25, 0.3) is 5.91 Å². The molecule has 0 fully saturated rings. The van der Waals surface area contributed by atoms with Gasteiger partial charge in [-0.1, -0.05) is 17.3 Å². The van der Waals surface area contributed by atoms with Gasteiger partial charge in [0.05, 0.1) is 12.7 Å². The highest BCUT2D eigenvalue weighted by molar-refractivity contribution is 5.95. The minimum absolute atomic E-state index is 0.0230. The first kappa shape index (κ1) is 22.0. The van der Waals surface area contributed by atoms with Gasteiger partial charge in [-0.3, -0.25) is 9.59 Å². The van der Waals surface area contributed by atoms with Crippen molar-refractivity contribution < 1.29 is 18.8 Å². The summed E-state index contributed by atoms with van der Waals surface area (Å²) in [5, 5.41) is 6.80. The number of anilines is 1. The Morgan fingerprint density at radius 2 is 1.77 bits per heavy atom. The summed E-state index contributed by atoms with van der Waals surface area (Å²) >= 11 is 0. The number of ether oxygens (including phenoxy) is 1. The molecule has 0 unspecified atom stereocenters. The molecule has 8 nitrogen and oxygen atoms in total. The molecule has 0 spiro atoms. The second-order valence-electron chi connectivity index (χ2n) is 6.81. The summed E-state index contributed by atoms with van der Waals surface area (Å²) in [5.74, 6) is 1.23. The molecule has 0 atom stereocenters. The number of methoxy groups -OCH3 is 1. The maximum atomic E-state index is 12.4. The van der Waals surface area contributed by atoms with Gasteiger partial charge in [0.1, 0.15) is 5.75 Å². The average Bonchev–Trinajstić information content (AvgIpc) is 3.28. The average molecular weight is 422 g/mol. The molecule has 2 aromatic carbocycles. The summed E-state index contributed by atoms with van der Waals surface area (Å²) in [5.41, 5.74) is 1.95. The standard InChI is InChI=1S/C23H26N4O4/c1-4-27(5-2)23(29)16-10-12-17(13-11-16)24-20(28)14-15-21-25-22(26-31-21)18-8-6-7-9-19(18)30-3/h6-13H,4-5,14-15H2,1-3H3,(H,24,28). The third-order valence-electron chi connectivity index (χ3n) is 4.85. The van der Waals surface area contributed by atoms with Gasteiger partial charge in [-0.05, 0) is 50.2 Å². The van der Waals surface area contributed by atoms with Crippen molar-refractivity contribution >= 4 is 17.5 Å². The van der Waals surface area contributed by atoms with Crippen LogP contribution in [0.4, 0.5) is 5.69 Å². The maximum absolute atomic E-state index is 12.4. The molecule has 0 aliphatic heterocycles. The zero-order valence-corrected chi connectivity index (χ0v) is 17.9. The van der Waals surface area contributed by atoms with Crippen LogP contribution in [-0.2, 0) is 11.2 Å². The number of para-hydroxylation sites is 1. The van der Waals surface area contributed by atoms with Crippen LogP contribution in [0.5, 0.6) is 5.75 Å². The van der Waals surface area contributed by atoms with Crippen molar-refractivity contribution in [1.29, 1.82) is 0 Å². The van der Waals surface area contributed by atoms with Crippen molar-refractivity contribution in [2.75, 3.05) is 25.5 Å². The van der Waals surface area contributed by atoms with Gasteiger partial charge in [0.15, 0.2) is 0 Å². The van der Waals surface area contributed by atoms with Gasteiger partial charge in [-0.15, -0.1) is 0 Å². The lowest BCUT2D eigenvalue weighted by molar-refractivity contribution is -0.116. The fraction of sp³-hybridized carbons (Fsp3) is 0.304. The van der Waals surface area contributed by atoms with Gasteiger partial charge < -0.3 is 19.5 Å². The molecule has 0 aliphatic rings. The lowest BCUT2D eigenvalue weighted by atomic mass is 10.1. The largest absolute Gasteiger partial charge is 0.496 e. The molecule has 2 amide bonds. The topological polar surface area (TPSA) is 97.6 Å². The zero-order valence-electron chi connectivity index (χ0n) is 17.9. The molecule has 0 saturated carbocycles. The normalized spacial score (nSPS) is 10.5. The van der Waals surface area contributed by atoms with Crippen LogP contribution in [0, 0.1) is 0 Å². The van der Waals surface area contributed by atoms with Gasteiger partial charge in [0.2, 0.25) is 17.6 Å². The number of amides is 2. The molecule has 8 heteroatoms. The van der Waals surface area contributed by atoms with E-state index in [1.165, 1.54) is 0 Å². The highest BCUT2D eigenvalue weighted by atomic mass is 16.5. The monoisotopic (exact) mass is 422 g/mol. The molecular weight excluding hydrogens is 396 g/mol. The van der Waals surface area contributed by atoms with Crippen LogP contribution in [0.1, 0.15) is 36.5 Å². The predicted octanol–water partition coefficient (Wildman–Crippen LogP) is 3.80. The minimum atomic E-state index is -0.181. The SMILES string of the molecule is CCN(CC)C(=O)c1ccc(NC(=O)CCc2nc(-c3ccccc3OC)no2)cc1. The van der Waals surface area contributed by atoms with Gasteiger partial charge in [-0.2, -0.15) is 4.98 Å². The second kappa shape index (κ2) is 10.4. The first-order valence-corrected chi connectivity index (χ1v) is 10.2. The van der Waals surface area contributed by atoms with E-state index < -0.39 is 0 Å². The number of hydrogen-bond donors (Lipinski definition) is 1. The van der Waals surface area contributed by atoms with Crippen LogP contribution in [0.2, 0.25) is 0 Å². The lowest BCUT2D eigenvalue weighted by Crippen LogP contribution is -2.30. The van der Waals surface area contributed by atoms with Crippen molar-refractivity contribution in [2.45, 2.75) is 26.7 Å². The molecule has 0 saturated heterocycles. The molecule has 1 aromatic heterocycles. The van der Waals surface area contributed by atoms with Gasteiger partial charge >= 0.3 is 0 Å². The van der Waals surface area contributed by atoms with Crippen molar-refractivity contribution in [1.82, 2.24) is 15.0 Å². The van der Waals surface area contributed by atoms with E-state index in [1.807, 2.05) is 38.1 Å². The highest BCUT2D eigenvalue weighted by Gasteiger charge is 2.15. The van der Waals surface area contributed by atoms with Crippen molar-refractivity contribution in [3.8, 4) is 17.1 Å². The molecule has 3 aromatic rings. The number of carbonyl (C=O) groups excluding carboxylic acids is 2.